The maximum absolute atomic E-state index is 11.9. The number of esters is 1. The molecule has 3 aromatic rings. The highest BCUT2D eigenvalue weighted by molar-refractivity contribution is 5.71. The van der Waals surface area contributed by atoms with Gasteiger partial charge in [-0.2, -0.15) is 4.98 Å². The summed E-state index contributed by atoms with van der Waals surface area (Å²) in [6, 6.07) is 1.90. The van der Waals surface area contributed by atoms with Gasteiger partial charge in [-0.1, -0.05) is 0 Å². The van der Waals surface area contributed by atoms with Crippen molar-refractivity contribution in [3.8, 4) is 0 Å². The molecule has 0 aromatic carbocycles. The van der Waals surface area contributed by atoms with Crippen LogP contribution in [-0.4, -0.2) is 30.5 Å². The van der Waals surface area contributed by atoms with E-state index in [9.17, 15) is 4.79 Å². The standard InChI is InChI=1S/C15H17N5O3/c1-8-5-9(2)20-15(16-8)18-12(19-20)6-14(21)22-7-13-17-10(3)11(4)23-13/h5H,6-7H2,1-4H3. The molecule has 0 bridgehead atoms. The van der Waals surface area contributed by atoms with Crippen LogP contribution in [0.25, 0.3) is 5.78 Å². The Morgan fingerprint density at radius 3 is 2.70 bits per heavy atom. The molecule has 0 saturated heterocycles. The second-order valence-electron chi connectivity index (χ2n) is 5.37. The fraction of sp³-hybridized carbons (Fsp3) is 0.400. The number of ether oxygens (including phenoxy) is 1. The number of rotatable bonds is 4. The Morgan fingerprint density at radius 2 is 2.00 bits per heavy atom. The van der Waals surface area contributed by atoms with Gasteiger partial charge in [0.15, 0.2) is 12.4 Å². The molecule has 3 rings (SSSR count). The van der Waals surface area contributed by atoms with Crippen LogP contribution in [0.1, 0.15) is 34.6 Å². The summed E-state index contributed by atoms with van der Waals surface area (Å²) in [5.74, 6) is 1.50. The summed E-state index contributed by atoms with van der Waals surface area (Å²) in [6.07, 6.45) is -0.0273. The van der Waals surface area contributed by atoms with Crippen molar-refractivity contribution < 1.29 is 13.9 Å². The van der Waals surface area contributed by atoms with E-state index in [1.165, 1.54) is 0 Å². The minimum absolute atomic E-state index is 0.00271. The van der Waals surface area contributed by atoms with E-state index < -0.39 is 5.97 Å². The van der Waals surface area contributed by atoms with Crippen molar-refractivity contribution in [1.29, 1.82) is 0 Å². The zero-order valence-corrected chi connectivity index (χ0v) is 13.5. The predicted molar refractivity (Wildman–Crippen MR) is 79.7 cm³/mol. The number of hydrogen-bond donors (Lipinski definition) is 0. The zero-order valence-electron chi connectivity index (χ0n) is 13.5. The Labute approximate surface area is 132 Å². The first-order valence-corrected chi connectivity index (χ1v) is 7.21. The van der Waals surface area contributed by atoms with Crippen molar-refractivity contribution in [2.24, 2.45) is 0 Å². The maximum atomic E-state index is 11.9. The molecule has 0 aliphatic carbocycles. The van der Waals surface area contributed by atoms with E-state index >= 15 is 0 Å². The van der Waals surface area contributed by atoms with Crippen LogP contribution < -0.4 is 0 Å². The van der Waals surface area contributed by atoms with Crippen LogP contribution >= 0.6 is 0 Å². The molecule has 3 heterocycles. The Hall–Kier alpha value is -2.77. The van der Waals surface area contributed by atoms with Crippen LogP contribution in [0, 0.1) is 27.7 Å². The number of nitrogens with zero attached hydrogens (tertiary/aromatic N) is 5. The van der Waals surface area contributed by atoms with Gasteiger partial charge >= 0.3 is 5.97 Å². The predicted octanol–water partition coefficient (Wildman–Crippen LogP) is 1.63. The summed E-state index contributed by atoms with van der Waals surface area (Å²) in [5.41, 5.74) is 2.55. The second-order valence-corrected chi connectivity index (χ2v) is 5.37. The van der Waals surface area contributed by atoms with E-state index in [0.717, 1.165) is 22.8 Å². The molecule has 120 valence electrons. The Bertz CT molecular complexity index is 861. The number of hydrogen-bond acceptors (Lipinski definition) is 7. The fourth-order valence-corrected chi connectivity index (χ4v) is 2.21. The molecule has 0 aliphatic heterocycles. The van der Waals surface area contributed by atoms with Gasteiger partial charge in [-0.25, -0.2) is 14.5 Å². The normalized spacial score (nSPS) is 11.1. The van der Waals surface area contributed by atoms with Gasteiger partial charge in [-0.05, 0) is 33.8 Å². The number of carbonyl (C=O) groups excluding carboxylic acids is 1. The fourth-order valence-electron chi connectivity index (χ4n) is 2.21. The van der Waals surface area contributed by atoms with Gasteiger partial charge in [-0.15, -0.1) is 5.10 Å². The van der Waals surface area contributed by atoms with Crippen molar-refractivity contribution in [3.63, 3.8) is 0 Å². The van der Waals surface area contributed by atoms with Crippen molar-refractivity contribution in [3.05, 3.63) is 40.6 Å². The topological polar surface area (TPSA) is 95.4 Å². The molecule has 0 fully saturated rings. The first kappa shape index (κ1) is 15.1. The zero-order chi connectivity index (χ0) is 16.6. The quantitative estimate of drug-likeness (QED) is 0.675. The van der Waals surface area contributed by atoms with E-state index in [1.54, 1.807) is 4.52 Å². The Morgan fingerprint density at radius 1 is 1.22 bits per heavy atom. The lowest BCUT2D eigenvalue weighted by Gasteiger charge is -1.99. The van der Waals surface area contributed by atoms with Crippen LogP contribution in [0.5, 0.6) is 0 Å². The molecule has 0 N–H and O–H groups in total. The molecule has 8 heteroatoms. The van der Waals surface area contributed by atoms with Crippen LogP contribution in [0.4, 0.5) is 0 Å². The summed E-state index contributed by atoms with van der Waals surface area (Å²) in [5, 5.41) is 4.27. The van der Waals surface area contributed by atoms with Gasteiger partial charge < -0.3 is 9.15 Å². The Kier molecular flexibility index (Phi) is 3.81. The van der Waals surface area contributed by atoms with Crippen molar-refractivity contribution in [2.45, 2.75) is 40.7 Å². The minimum atomic E-state index is -0.441. The van der Waals surface area contributed by atoms with Crippen LogP contribution in [0.2, 0.25) is 0 Å². The van der Waals surface area contributed by atoms with E-state index in [1.807, 2.05) is 33.8 Å². The lowest BCUT2D eigenvalue weighted by atomic mass is 10.4. The molecule has 0 saturated carbocycles. The van der Waals surface area contributed by atoms with E-state index in [0.29, 0.717) is 17.5 Å². The third-order valence-electron chi connectivity index (χ3n) is 3.39. The average molecular weight is 315 g/mol. The van der Waals surface area contributed by atoms with Gasteiger partial charge in [0.05, 0.1) is 5.69 Å². The summed E-state index contributed by atoms with van der Waals surface area (Å²) < 4.78 is 12.1. The number of aryl methyl sites for hydroxylation is 4. The monoisotopic (exact) mass is 315 g/mol. The molecular weight excluding hydrogens is 298 g/mol. The summed E-state index contributed by atoms with van der Waals surface area (Å²) in [6.45, 7) is 7.44. The first-order valence-electron chi connectivity index (χ1n) is 7.21. The molecule has 3 aromatic heterocycles. The molecule has 0 radical (unpaired) electrons. The molecule has 0 unspecified atom stereocenters. The number of carbonyl (C=O) groups is 1. The van der Waals surface area contributed by atoms with E-state index in [-0.39, 0.29) is 13.0 Å². The molecule has 23 heavy (non-hydrogen) atoms. The van der Waals surface area contributed by atoms with Crippen LogP contribution in [-0.2, 0) is 22.6 Å². The molecular formula is C15H17N5O3. The lowest BCUT2D eigenvalue weighted by molar-refractivity contribution is -0.144. The third-order valence-corrected chi connectivity index (χ3v) is 3.39. The lowest BCUT2D eigenvalue weighted by Crippen LogP contribution is -2.09. The highest BCUT2D eigenvalue weighted by Crippen LogP contribution is 2.10. The maximum Gasteiger partial charge on any atom is 0.314 e. The molecule has 0 spiro atoms. The SMILES string of the molecule is Cc1cc(C)n2nc(CC(=O)OCc3nc(C)c(C)o3)nc2n1. The van der Waals surface area contributed by atoms with Gasteiger partial charge in [0.2, 0.25) is 5.89 Å². The molecule has 8 nitrogen and oxygen atoms in total. The highest BCUT2D eigenvalue weighted by Gasteiger charge is 2.14. The third kappa shape index (κ3) is 3.20. The smallest absolute Gasteiger partial charge is 0.314 e. The van der Waals surface area contributed by atoms with Crippen molar-refractivity contribution >= 4 is 11.7 Å². The summed E-state index contributed by atoms with van der Waals surface area (Å²) in [7, 11) is 0. The number of aromatic nitrogens is 5. The number of fused-ring (bicyclic) bond motifs is 1. The van der Waals surface area contributed by atoms with Crippen molar-refractivity contribution in [1.82, 2.24) is 24.6 Å². The molecule has 0 atom stereocenters. The van der Waals surface area contributed by atoms with Gasteiger partial charge in [0.25, 0.3) is 5.78 Å². The minimum Gasteiger partial charge on any atom is -0.455 e. The second kappa shape index (κ2) is 5.79. The average Bonchev–Trinajstić information content (AvgIpc) is 3.00. The highest BCUT2D eigenvalue weighted by atomic mass is 16.5. The summed E-state index contributed by atoms with van der Waals surface area (Å²) >= 11 is 0. The van der Waals surface area contributed by atoms with E-state index in [4.69, 9.17) is 9.15 Å². The first-order chi connectivity index (χ1) is 10.9. The van der Waals surface area contributed by atoms with Crippen LogP contribution in [0.3, 0.4) is 0 Å². The summed E-state index contributed by atoms with van der Waals surface area (Å²) in [4.78, 5) is 24.6. The largest absolute Gasteiger partial charge is 0.455 e. The molecule has 0 amide bonds. The molecule has 0 aliphatic rings. The van der Waals surface area contributed by atoms with Gasteiger partial charge in [0.1, 0.15) is 12.2 Å². The van der Waals surface area contributed by atoms with Crippen LogP contribution in [0.15, 0.2) is 10.5 Å². The van der Waals surface area contributed by atoms with Crippen molar-refractivity contribution in [2.75, 3.05) is 0 Å². The van der Waals surface area contributed by atoms with Gasteiger partial charge in [0, 0.05) is 11.4 Å². The number of oxazole rings is 1. The Balaban J connectivity index is 1.67. The van der Waals surface area contributed by atoms with E-state index in [2.05, 4.69) is 20.1 Å². The van der Waals surface area contributed by atoms with Gasteiger partial charge in [-0.3, -0.25) is 4.79 Å².